The Morgan fingerprint density at radius 1 is 1.15 bits per heavy atom. The van der Waals surface area contributed by atoms with E-state index in [1.807, 2.05) is 24.3 Å². The largest absolute Gasteiger partial charge is 0.496 e. The molecule has 1 aliphatic rings. The molecule has 0 aliphatic carbocycles. The van der Waals surface area contributed by atoms with Crippen LogP contribution in [0.3, 0.4) is 0 Å². The van der Waals surface area contributed by atoms with Crippen molar-refractivity contribution in [2.75, 3.05) is 46.1 Å². The van der Waals surface area contributed by atoms with E-state index in [0.717, 1.165) is 31.5 Å². The summed E-state index contributed by atoms with van der Waals surface area (Å²) >= 11 is 6.02. The number of amides is 2. The highest BCUT2D eigenvalue weighted by Gasteiger charge is 2.26. The second-order valence-electron chi connectivity index (χ2n) is 8.20. The number of nitrogens with two attached hydrogens (primary N) is 2. The Kier molecular flexibility index (Phi) is 8.84. The average molecular weight is 491 g/mol. The van der Waals surface area contributed by atoms with Crippen molar-refractivity contribution in [1.29, 1.82) is 0 Å². The number of primary amides is 1. The Morgan fingerprint density at radius 3 is 2.47 bits per heavy atom. The van der Waals surface area contributed by atoms with E-state index in [-0.39, 0.29) is 5.91 Å². The van der Waals surface area contributed by atoms with Gasteiger partial charge in [-0.1, -0.05) is 29.8 Å². The summed E-state index contributed by atoms with van der Waals surface area (Å²) in [6, 6.07) is 10.5. The minimum Gasteiger partial charge on any atom is -0.496 e. The van der Waals surface area contributed by atoms with Crippen molar-refractivity contribution in [3.05, 3.63) is 52.5 Å². The second-order valence-corrected chi connectivity index (χ2v) is 8.60. The number of halogens is 1. The first-order valence-electron chi connectivity index (χ1n) is 11.0. The third kappa shape index (κ3) is 6.45. The molecule has 5 N–H and O–H groups in total. The highest BCUT2D eigenvalue weighted by molar-refractivity contribution is 6.33. The molecule has 2 aromatic carbocycles. The first-order valence-corrected chi connectivity index (χ1v) is 11.4. The zero-order chi connectivity index (χ0) is 24.7. The van der Waals surface area contributed by atoms with Gasteiger partial charge in [0.05, 0.1) is 30.5 Å². The first-order chi connectivity index (χ1) is 16.3. The van der Waals surface area contributed by atoms with E-state index in [1.165, 1.54) is 19.2 Å². The number of carbonyl (C=O) groups excluding carboxylic acids is 2. The molecular formula is C24H31ClN4O5. The smallest absolute Gasteiger partial charge is 0.405 e. The van der Waals surface area contributed by atoms with Gasteiger partial charge in [-0.25, -0.2) is 4.79 Å². The summed E-state index contributed by atoms with van der Waals surface area (Å²) in [6.07, 6.45) is 0.407. The molecule has 0 radical (unpaired) electrons. The van der Waals surface area contributed by atoms with Gasteiger partial charge in [0.15, 0.2) is 0 Å². The van der Waals surface area contributed by atoms with Gasteiger partial charge in [-0.3, -0.25) is 9.69 Å². The quantitative estimate of drug-likeness (QED) is 0.460. The maximum Gasteiger partial charge on any atom is 0.405 e. The van der Waals surface area contributed by atoms with Crippen LogP contribution in [0.2, 0.25) is 5.02 Å². The van der Waals surface area contributed by atoms with E-state index in [9.17, 15) is 9.59 Å². The van der Waals surface area contributed by atoms with Gasteiger partial charge >= 0.3 is 6.09 Å². The Bertz CT molecular complexity index is 1010. The zero-order valence-corrected chi connectivity index (χ0v) is 20.1. The second kappa shape index (κ2) is 11.8. The fraction of sp³-hybridized carbons (Fsp3) is 0.417. The van der Waals surface area contributed by atoms with Gasteiger partial charge in [0, 0.05) is 24.7 Å². The Labute approximate surface area is 204 Å². The highest BCUT2D eigenvalue weighted by atomic mass is 35.5. The fourth-order valence-electron chi connectivity index (χ4n) is 4.13. The Balaban J connectivity index is 1.55. The van der Waals surface area contributed by atoms with Gasteiger partial charge < -0.3 is 31.0 Å². The van der Waals surface area contributed by atoms with Crippen molar-refractivity contribution in [1.82, 2.24) is 10.2 Å². The van der Waals surface area contributed by atoms with E-state index in [4.69, 9.17) is 37.3 Å². The minimum atomic E-state index is -0.827. The molecule has 0 bridgehead atoms. The number of nitrogens with one attached hydrogen (secondary N) is 1. The first kappa shape index (κ1) is 25.5. The van der Waals surface area contributed by atoms with E-state index in [2.05, 4.69) is 10.2 Å². The lowest BCUT2D eigenvalue weighted by molar-refractivity contribution is 0.0620. The lowest BCUT2D eigenvalue weighted by Crippen LogP contribution is -2.41. The number of likely N-dealkylation sites (tertiary alicyclic amines) is 1. The van der Waals surface area contributed by atoms with E-state index in [1.54, 1.807) is 7.11 Å². The standard InChI is InChI=1S/C24H31ClN4O5/c1-32-20-6-4-3-5-16(20)22(34-24(27)31)14-29-9-7-15(8-10-29)13-28-23(30)17-11-19(26)18(25)12-21(17)33-2/h3-6,11-12,15,22H,7-10,13-14,26H2,1-2H3,(H2,27,31)(H,28,30). The normalized spacial score (nSPS) is 15.4. The Hall–Kier alpha value is -3.17. The molecule has 10 heteroatoms. The van der Waals surface area contributed by atoms with Gasteiger partial charge in [-0.2, -0.15) is 0 Å². The van der Waals surface area contributed by atoms with Crippen LogP contribution in [0.25, 0.3) is 0 Å². The molecule has 9 nitrogen and oxygen atoms in total. The third-order valence-corrected chi connectivity index (χ3v) is 6.32. The monoisotopic (exact) mass is 490 g/mol. The number of piperidine rings is 1. The summed E-state index contributed by atoms with van der Waals surface area (Å²) in [4.78, 5) is 26.4. The lowest BCUT2D eigenvalue weighted by Gasteiger charge is -2.34. The number of nitrogen functional groups attached to an aromatic ring is 1. The van der Waals surface area contributed by atoms with Gasteiger partial charge in [0.1, 0.15) is 17.6 Å². The maximum absolute atomic E-state index is 12.7. The van der Waals surface area contributed by atoms with Crippen LogP contribution in [0, 0.1) is 5.92 Å². The molecule has 2 aromatic rings. The summed E-state index contributed by atoms with van der Waals surface area (Å²) in [5.74, 6) is 1.08. The summed E-state index contributed by atoms with van der Waals surface area (Å²) in [5, 5.41) is 3.31. The van der Waals surface area contributed by atoms with Crippen molar-refractivity contribution in [2.45, 2.75) is 18.9 Å². The maximum atomic E-state index is 12.7. The van der Waals surface area contributed by atoms with Crippen LogP contribution in [-0.4, -0.2) is 57.3 Å². The molecule has 1 fully saturated rings. The average Bonchev–Trinajstić information content (AvgIpc) is 2.84. The number of hydrogen-bond acceptors (Lipinski definition) is 7. The molecule has 184 valence electrons. The zero-order valence-electron chi connectivity index (χ0n) is 19.4. The highest BCUT2D eigenvalue weighted by Crippen LogP contribution is 2.30. The van der Waals surface area contributed by atoms with Crippen LogP contribution in [0.15, 0.2) is 36.4 Å². The Morgan fingerprint density at radius 2 is 1.82 bits per heavy atom. The van der Waals surface area contributed by atoms with Gasteiger partial charge in [-0.05, 0) is 44.0 Å². The number of rotatable bonds is 9. The number of hydrogen-bond donors (Lipinski definition) is 3. The van der Waals surface area contributed by atoms with Crippen molar-refractivity contribution >= 4 is 29.3 Å². The van der Waals surface area contributed by atoms with E-state index < -0.39 is 12.2 Å². The molecule has 0 spiro atoms. The van der Waals surface area contributed by atoms with Crippen LogP contribution >= 0.6 is 11.6 Å². The topological polar surface area (TPSA) is 129 Å². The number of ether oxygens (including phenoxy) is 3. The molecule has 1 saturated heterocycles. The summed E-state index contributed by atoms with van der Waals surface area (Å²) in [7, 11) is 3.06. The minimum absolute atomic E-state index is 0.256. The van der Waals surface area contributed by atoms with Crippen LogP contribution in [0.5, 0.6) is 11.5 Å². The molecule has 1 heterocycles. The predicted octanol–water partition coefficient (Wildman–Crippen LogP) is 3.22. The fourth-order valence-corrected chi connectivity index (χ4v) is 4.28. The molecule has 0 saturated carbocycles. The molecule has 1 aliphatic heterocycles. The van der Waals surface area contributed by atoms with Crippen molar-refractivity contribution in [3.63, 3.8) is 0 Å². The number of methoxy groups -OCH3 is 2. The van der Waals surface area contributed by atoms with E-state index in [0.29, 0.717) is 46.8 Å². The molecule has 34 heavy (non-hydrogen) atoms. The molecular weight excluding hydrogens is 460 g/mol. The molecule has 0 aromatic heterocycles. The molecule has 1 atom stereocenters. The number of anilines is 1. The summed E-state index contributed by atoms with van der Waals surface area (Å²) in [6.45, 7) is 2.63. The number of nitrogens with zero attached hydrogens (tertiary/aromatic N) is 1. The summed E-state index contributed by atoms with van der Waals surface area (Å²) < 4.78 is 16.1. The van der Waals surface area contributed by atoms with Crippen LogP contribution < -0.4 is 26.3 Å². The third-order valence-electron chi connectivity index (χ3n) is 5.99. The van der Waals surface area contributed by atoms with E-state index >= 15 is 0 Å². The van der Waals surface area contributed by atoms with Gasteiger partial charge in [-0.15, -0.1) is 0 Å². The van der Waals surface area contributed by atoms with Crippen molar-refractivity contribution < 1.29 is 23.8 Å². The number of para-hydroxylation sites is 1. The molecule has 1 unspecified atom stereocenters. The van der Waals surface area contributed by atoms with Gasteiger partial charge in [0.25, 0.3) is 5.91 Å². The van der Waals surface area contributed by atoms with Crippen LogP contribution in [0.1, 0.15) is 34.9 Å². The SMILES string of the molecule is COc1cc(Cl)c(N)cc1C(=O)NCC1CCN(CC(OC(N)=O)c2ccccc2OC)CC1. The number of benzene rings is 2. The van der Waals surface area contributed by atoms with Crippen molar-refractivity contribution in [3.8, 4) is 11.5 Å². The molecule has 2 amide bonds. The molecule has 3 rings (SSSR count). The number of carbonyl (C=O) groups is 2. The van der Waals surface area contributed by atoms with Crippen LogP contribution in [0.4, 0.5) is 10.5 Å². The lowest BCUT2D eigenvalue weighted by atomic mass is 9.96. The predicted molar refractivity (Wildman–Crippen MR) is 130 cm³/mol. The van der Waals surface area contributed by atoms with Gasteiger partial charge in [0.2, 0.25) is 0 Å². The summed E-state index contributed by atoms with van der Waals surface area (Å²) in [5.41, 5.74) is 12.6. The van der Waals surface area contributed by atoms with Crippen molar-refractivity contribution in [2.24, 2.45) is 11.7 Å². The van der Waals surface area contributed by atoms with Crippen LogP contribution in [-0.2, 0) is 4.74 Å².